The van der Waals surface area contributed by atoms with Crippen LogP contribution in [0.15, 0.2) is 91.0 Å². The summed E-state index contributed by atoms with van der Waals surface area (Å²) in [6, 6.07) is 23.0. The summed E-state index contributed by atoms with van der Waals surface area (Å²) in [4.78, 5) is 25.3. The molecule has 8 nitrogen and oxygen atoms in total. The van der Waals surface area contributed by atoms with Gasteiger partial charge in [-0.2, -0.15) is 0 Å². The van der Waals surface area contributed by atoms with Crippen molar-refractivity contribution >= 4 is 29.1 Å². The van der Waals surface area contributed by atoms with Crippen molar-refractivity contribution in [2.24, 2.45) is 5.41 Å². The third-order valence-electron chi connectivity index (χ3n) is 5.35. The fourth-order valence-electron chi connectivity index (χ4n) is 3.49. The largest absolute Gasteiger partial charge is 0.491 e. The molecular weight excluding hydrogens is 458 g/mol. The summed E-state index contributed by atoms with van der Waals surface area (Å²) < 4.78 is 11.3. The number of amides is 2. The lowest BCUT2D eigenvalue weighted by atomic mass is 9.82. The minimum Gasteiger partial charge on any atom is -0.491 e. The van der Waals surface area contributed by atoms with Crippen LogP contribution in [-0.2, 0) is 9.53 Å². The quantitative estimate of drug-likeness (QED) is 0.231. The summed E-state index contributed by atoms with van der Waals surface area (Å²) in [5.74, 6) is 0.217. The van der Waals surface area contributed by atoms with E-state index in [0.717, 1.165) is 0 Å². The number of nitrogen functional groups attached to an aromatic ring is 1. The van der Waals surface area contributed by atoms with Gasteiger partial charge >= 0.3 is 6.09 Å². The van der Waals surface area contributed by atoms with Crippen LogP contribution in [-0.4, -0.2) is 30.3 Å². The molecule has 0 saturated carbocycles. The van der Waals surface area contributed by atoms with Crippen LogP contribution in [0, 0.1) is 5.41 Å². The average molecular weight is 490 g/mol. The van der Waals surface area contributed by atoms with Crippen molar-refractivity contribution < 1.29 is 24.2 Å². The number of ether oxygens (including phenoxy) is 2. The number of carbonyl (C=O) groups excluding carboxylic acids is 2. The number of aliphatic hydroxyl groups is 1. The Morgan fingerprint density at radius 3 is 2.31 bits per heavy atom. The first-order chi connectivity index (χ1) is 17.3. The topological polar surface area (TPSA) is 123 Å². The second-order valence-corrected chi connectivity index (χ2v) is 8.65. The predicted octanol–water partition coefficient (Wildman–Crippen LogP) is 5.15. The highest BCUT2D eigenvalue weighted by Crippen LogP contribution is 2.39. The van der Waals surface area contributed by atoms with E-state index in [1.54, 1.807) is 66.7 Å². The molecule has 0 aliphatic carbocycles. The van der Waals surface area contributed by atoms with Crippen LogP contribution in [0.25, 0.3) is 0 Å². The zero-order valence-electron chi connectivity index (χ0n) is 20.3. The molecule has 0 bridgehead atoms. The fourth-order valence-corrected chi connectivity index (χ4v) is 3.49. The first-order valence-corrected chi connectivity index (χ1v) is 11.5. The standard InChI is InChI=1S/C28H31N3O5/c1-28(2,17-16-25(33)31-24-11-7-6-10-23(24)29)26(20-12-14-22(15-13-20)35-19-18-32)36-27(34)30-21-8-4-3-5-9-21/h3-17,26,32H,18-19,29H2,1-2H3,(H,30,34)(H,31,33)/b17-16+/t26-/m1/s1. The van der Waals surface area contributed by atoms with E-state index < -0.39 is 17.6 Å². The minimum atomic E-state index is -0.777. The van der Waals surface area contributed by atoms with Crippen LogP contribution in [0.3, 0.4) is 0 Å². The summed E-state index contributed by atoms with van der Waals surface area (Å²) in [6.45, 7) is 3.81. The Kier molecular flexibility index (Phi) is 9.07. The number of nitrogens with one attached hydrogen (secondary N) is 2. The molecule has 8 heteroatoms. The monoisotopic (exact) mass is 489 g/mol. The molecule has 5 N–H and O–H groups in total. The highest BCUT2D eigenvalue weighted by atomic mass is 16.6. The molecule has 188 valence electrons. The van der Waals surface area contributed by atoms with Gasteiger partial charge in [-0.15, -0.1) is 0 Å². The lowest BCUT2D eigenvalue weighted by Gasteiger charge is -2.31. The van der Waals surface area contributed by atoms with Gasteiger partial charge in [0.05, 0.1) is 18.0 Å². The van der Waals surface area contributed by atoms with Gasteiger partial charge in [0.1, 0.15) is 18.5 Å². The van der Waals surface area contributed by atoms with Gasteiger partial charge in [-0.3, -0.25) is 10.1 Å². The minimum absolute atomic E-state index is 0.0956. The van der Waals surface area contributed by atoms with Gasteiger partial charge < -0.3 is 25.6 Å². The summed E-state index contributed by atoms with van der Waals surface area (Å²) >= 11 is 0. The van der Waals surface area contributed by atoms with Crippen molar-refractivity contribution in [1.82, 2.24) is 0 Å². The van der Waals surface area contributed by atoms with Crippen molar-refractivity contribution in [1.29, 1.82) is 0 Å². The van der Waals surface area contributed by atoms with Gasteiger partial charge in [-0.1, -0.05) is 62.4 Å². The van der Waals surface area contributed by atoms with E-state index in [1.807, 2.05) is 32.0 Å². The maximum absolute atomic E-state index is 12.8. The Morgan fingerprint density at radius 2 is 1.64 bits per heavy atom. The molecule has 0 fully saturated rings. The van der Waals surface area contributed by atoms with Crippen LogP contribution in [0.5, 0.6) is 5.75 Å². The number of benzene rings is 3. The number of carbonyl (C=O) groups is 2. The van der Waals surface area contributed by atoms with Gasteiger partial charge in [0.2, 0.25) is 5.91 Å². The number of aliphatic hydroxyl groups excluding tert-OH is 1. The molecule has 2 amide bonds. The van der Waals surface area contributed by atoms with Gasteiger partial charge in [-0.05, 0) is 48.0 Å². The average Bonchev–Trinajstić information content (AvgIpc) is 2.87. The molecule has 0 unspecified atom stereocenters. The number of nitrogens with two attached hydrogens (primary N) is 1. The lowest BCUT2D eigenvalue weighted by molar-refractivity contribution is -0.112. The number of rotatable bonds is 10. The van der Waals surface area contributed by atoms with Gasteiger partial charge in [0.15, 0.2) is 0 Å². The van der Waals surface area contributed by atoms with Crippen LogP contribution >= 0.6 is 0 Å². The number of hydrogen-bond donors (Lipinski definition) is 4. The smallest absolute Gasteiger partial charge is 0.412 e. The molecule has 0 saturated heterocycles. The van der Waals surface area contributed by atoms with E-state index in [4.69, 9.17) is 20.3 Å². The first kappa shape index (κ1) is 26.3. The maximum atomic E-state index is 12.8. The summed E-state index contributed by atoms with van der Waals surface area (Å²) in [5.41, 5.74) is 7.41. The van der Waals surface area contributed by atoms with E-state index in [9.17, 15) is 9.59 Å². The SMILES string of the molecule is CC(C)(/C=C/C(=O)Nc1ccccc1N)[C@H](OC(=O)Nc1ccccc1)c1ccc(OCCO)cc1. The molecule has 3 rings (SSSR count). The summed E-state index contributed by atoms with van der Waals surface area (Å²) in [7, 11) is 0. The molecule has 0 radical (unpaired) electrons. The highest BCUT2D eigenvalue weighted by molar-refractivity contribution is 6.01. The van der Waals surface area contributed by atoms with Gasteiger partial charge in [0.25, 0.3) is 0 Å². The van der Waals surface area contributed by atoms with E-state index in [2.05, 4.69) is 10.6 Å². The number of para-hydroxylation sites is 3. The number of hydrogen-bond acceptors (Lipinski definition) is 6. The normalized spacial score (nSPS) is 12.1. The van der Waals surface area contributed by atoms with Crippen LogP contribution in [0.2, 0.25) is 0 Å². The van der Waals surface area contributed by atoms with Gasteiger partial charge in [-0.25, -0.2) is 4.79 Å². The van der Waals surface area contributed by atoms with Crippen molar-refractivity contribution in [3.05, 3.63) is 96.6 Å². The van der Waals surface area contributed by atoms with E-state index in [0.29, 0.717) is 28.4 Å². The maximum Gasteiger partial charge on any atom is 0.412 e. The second kappa shape index (κ2) is 12.4. The Bertz CT molecular complexity index is 1180. The molecule has 0 aromatic heterocycles. The van der Waals surface area contributed by atoms with Crippen LogP contribution in [0.1, 0.15) is 25.5 Å². The van der Waals surface area contributed by atoms with Crippen molar-refractivity contribution in [3.63, 3.8) is 0 Å². The third kappa shape index (κ3) is 7.61. The van der Waals surface area contributed by atoms with E-state index >= 15 is 0 Å². The van der Waals surface area contributed by atoms with Crippen LogP contribution in [0.4, 0.5) is 21.9 Å². The zero-order valence-corrected chi connectivity index (χ0v) is 20.3. The molecule has 0 spiro atoms. The van der Waals surface area contributed by atoms with Crippen molar-refractivity contribution in [3.8, 4) is 5.75 Å². The predicted molar refractivity (Wildman–Crippen MR) is 141 cm³/mol. The molecular formula is C28H31N3O5. The Morgan fingerprint density at radius 1 is 0.972 bits per heavy atom. The molecule has 3 aromatic carbocycles. The summed E-state index contributed by atoms with van der Waals surface area (Å²) in [6.07, 6.45) is 1.73. The first-order valence-electron chi connectivity index (χ1n) is 11.5. The fraction of sp³-hybridized carbons (Fsp3) is 0.214. The second-order valence-electron chi connectivity index (χ2n) is 8.65. The Hall–Kier alpha value is -4.30. The lowest BCUT2D eigenvalue weighted by Crippen LogP contribution is -2.28. The third-order valence-corrected chi connectivity index (χ3v) is 5.35. The van der Waals surface area contributed by atoms with Gasteiger partial charge in [0, 0.05) is 11.1 Å². The number of anilines is 3. The van der Waals surface area contributed by atoms with Crippen molar-refractivity contribution in [2.75, 3.05) is 29.6 Å². The molecule has 0 aliphatic rings. The Labute approximate surface area is 210 Å². The van der Waals surface area contributed by atoms with Crippen LogP contribution < -0.4 is 21.1 Å². The summed E-state index contributed by atoms with van der Waals surface area (Å²) in [5, 5.41) is 14.5. The molecule has 3 aromatic rings. The highest BCUT2D eigenvalue weighted by Gasteiger charge is 2.32. The van der Waals surface area contributed by atoms with E-state index in [1.165, 1.54) is 6.08 Å². The molecule has 1 atom stereocenters. The molecule has 36 heavy (non-hydrogen) atoms. The zero-order chi connectivity index (χ0) is 26.0. The van der Waals surface area contributed by atoms with Crippen molar-refractivity contribution in [2.45, 2.75) is 20.0 Å². The molecule has 0 heterocycles. The Balaban J connectivity index is 1.80. The molecule has 0 aliphatic heterocycles. The van der Waals surface area contributed by atoms with E-state index in [-0.39, 0.29) is 19.1 Å².